The van der Waals surface area contributed by atoms with Crippen molar-refractivity contribution in [1.29, 1.82) is 0 Å². The predicted octanol–water partition coefficient (Wildman–Crippen LogP) is 3.86. The van der Waals surface area contributed by atoms with Crippen molar-refractivity contribution in [2.24, 2.45) is 0 Å². The van der Waals surface area contributed by atoms with E-state index in [-0.39, 0.29) is 0 Å². The molecule has 0 unspecified atom stereocenters. The fraction of sp³-hybridized carbons (Fsp3) is 0.294. The Balaban J connectivity index is 2.42. The SMILES string of the molecule is COc1cccc(-c2ccccc2)c1CNC(C)C. The first-order chi connectivity index (χ1) is 9.22. The van der Waals surface area contributed by atoms with Gasteiger partial charge in [0.25, 0.3) is 0 Å². The highest BCUT2D eigenvalue weighted by Crippen LogP contribution is 2.30. The molecule has 0 fully saturated rings. The van der Waals surface area contributed by atoms with Crippen LogP contribution >= 0.6 is 0 Å². The highest BCUT2D eigenvalue weighted by molar-refractivity contribution is 5.70. The lowest BCUT2D eigenvalue weighted by Crippen LogP contribution is -2.22. The number of methoxy groups -OCH3 is 1. The van der Waals surface area contributed by atoms with Crippen LogP contribution < -0.4 is 10.1 Å². The zero-order valence-electron chi connectivity index (χ0n) is 11.8. The largest absolute Gasteiger partial charge is 0.496 e. The first-order valence-electron chi connectivity index (χ1n) is 6.67. The molecule has 0 saturated carbocycles. The summed E-state index contributed by atoms with van der Waals surface area (Å²) >= 11 is 0. The quantitative estimate of drug-likeness (QED) is 0.876. The van der Waals surface area contributed by atoms with Crippen LogP contribution in [0.15, 0.2) is 48.5 Å². The molecule has 2 heteroatoms. The Morgan fingerprint density at radius 2 is 1.74 bits per heavy atom. The Morgan fingerprint density at radius 3 is 2.37 bits per heavy atom. The second kappa shape index (κ2) is 6.39. The lowest BCUT2D eigenvalue weighted by molar-refractivity contribution is 0.407. The third kappa shape index (κ3) is 3.36. The van der Waals surface area contributed by atoms with Crippen molar-refractivity contribution in [1.82, 2.24) is 5.32 Å². The number of ether oxygens (including phenoxy) is 1. The van der Waals surface area contributed by atoms with Gasteiger partial charge in [-0.25, -0.2) is 0 Å². The Kier molecular flexibility index (Phi) is 4.58. The fourth-order valence-corrected chi connectivity index (χ4v) is 2.13. The molecule has 0 aliphatic carbocycles. The average molecular weight is 255 g/mol. The molecule has 0 heterocycles. The molecule has 0 aliphatic rings. The average Bonchev–Trinajstić information content (AvgIpc) is 2.45. The zero-order valence-corrected chi connectivity index (χ0v) is 11.8. The van der Waals surface area contributed by atoms with Crippen LogP contribution in [-0.4, -0.2) is 13.2 Å². The molecule has 0 spiro atoms. The molecule has 19 heavy (non-hydrogen) atoms. The first kappa shape index (κ1) is 13.6. The van der Waals surface area contributed by atoms with Crippen LogP contribution in [0.3, 0.4) is 0 Å². The Labute approximate surface area is 115 Å². The van der Waals surface area contributed by atoms with Crippen molar-refractivity contribution in [3.63, 3.8) is 0 Å². The van der Waals surface area contributed by atoms with E-state index in [1.807, 2.05) is 18.2 Å². The van der Waals surface area contributed by atoms with Crippen molar-refractivity contribution in [2.75, 3.05) is 7.11 Å². The summed E-state index contributed by atoms with van der Waals surface area (Å²) in [4.78, 5) is 0. The molecule has 1 N–H and O–H groups in total. The molecule has 0 bridgehead atoms. The minimum absolute atomic E-state index is 0.452. The Bertz CT molecular complexity index is 520. The smallest absolute Gasteiger partial charge is 0.123 e. The van der Waals surface area contributed by atoms with Gasteiger partial charge in [0.05, 0.1) is 7.11 Å². The van der Waals surface area contributed by atoms with Crippen LogP contribution in [0.1, 0.15) is 19.4 Å². The van der Waals surface area contributed by atoms with Crippen molar-refractivity contribution in [3.05, 3.63) is 54.1 Å². The van der Waals surface area contributed by atoms with E-state index in [1.54, 1.807) is 7.11 Å². The molecule has 0 atom stereocenters. The predicted molar refractivity (Wildman–Crippen MR) is 80.4 cm³/mol. The summed E-state index contributed by atoms with van der Waals surface area (Å²) in [6.45, 7) is 5.11. The van der Waals surface area contributed by atoms with E-state index >= 15 is 0 Å². The summed E-state index contributed by atoms with van der Waals surface area (Å²) < 4.78 is 5.50. The van der Waals surface area contributed by atoms with Gasteiger partial charge in [0.2, 0.25) is 0 Å². The maximum Gasteiger partial charge on any atom is 0.123 e. The van der Waals surface area contributed by atoms with Gasteiger partial charge >= 0.3 is 0 Å². The van der Waals surface area contributed by atoms with E-state index in [4.69, 9.17) is 4.74 Å². The van der Waals surface area contributed by atoms with Gasteiger partial charge in [0.15, 0.2) is 0 Å². The standard InChI is InChI=1S/C17H21NO/c1-13(2)18-12-16-15(10-7-11-17(16)19-3)14-8-5-4-6-9-14/h4-11,13,18H,12H2,1-3H3. The van der Waals surface area contributed by atoms with Crippen LogP contribution in [0, 0.1) is 0 Å². The van der Waals surface area contributed by atoms with E-state index in [0.29, 0.717) is 6.04 Å². The monoisotopic (exact) mass is 255 g/mol. The molecule has 2 rings (SSSR count). The van der Waals surface area contributed by atoms with Crippen molar-refractivity contribution >= 4 is 0 Å². The zero-order chi connectivity index (χ0) is 13.7. The third-order valence-corrected chi connectivity index (χ3v) is 3.12. The molecule has 2 aromatic carbocycles. The maximum atomic E-state index is 5.50. The topological polar surface area (TPSA) is 21.3 Å². The van der Waals surface area contributed by atoms with E-state index in [1.165, 1.54) is 16.7 Å². The van der Waals surface area contributed by atoms with Crippen LogP contribution in [0.4, 0.5) is 0 Å². The molecule has 0 saturated heterocycles. The molecular formula is C17H21NO. The van der Waals surface area contributed by atoms with E-state index in [0.717, 1.165) is 12.3 Å². The summed E-state index contributed by atoms with van der Waals surface area (Å²) in [6.07, 6.45) is 0. The highest BCUT2D eigenvalue weighted by atomic mass is 16.5. The van der Waals surface area contributed by atoms with Gasteiger partial charge < -0.3 is 10.1 Å². The van der Waals surface area contributed by atoms with Gasteiger partial charge in [-0.2, -0.15) is 0 Å². The molecule has 0 amide bonds. The number of benzene rings is 2. The molecular weight excluding hydrogens is 234 g/mol. The van der Waals surface area contributed by atoms with Gasteiger partial charge in [-0.15, -0.1) is 0 Å². The minimum atomic E-state index is 0.452. The van der Waals surface area contributed by atoms with E-state index < -0.39 is 0 Å². The molecule has 0 aliphatic heterocycles. The third-order valence-electron chi connectivity index (χ3n) is 3.12. The summed E-state index contributed by atoms with van der Waals surface area (Å²) in [7, 11) is 1.73. The summed E-state index contributed by atoms with van der Waals surface area (Å²) in [5, 5.41) is 3.47. The van der Waals surface area contributed by atoms with Crippen molar-refractivity contribution in [2.45, 2.75) is 26.4 Å². The van der Waals surface area contributed by atoms with Gasteiger partial charge in [-0.3, -0.25) is 0 Å². The van der Waals surface area contributed by atoms with Gasteiger partial charge in [-0.05, 0) is 17.2 Å². The highest BCUT2D eigenvalue weighted by Gasteiger charge is 2.10. The van der Waals surface area contributed by atoms with Gasteiger partial charge in [0, 0.05) is 18.2 Å². The number of hydrogen-bond acceptors (Lipinski definition) is 2. The van der Waals surface area contributed by atoms with Crippen LogP contribution in [0.25, 0.3) is 11.1 Å². The number of rotatable bonds is 5. The summed E-state index contributed by atoms with van der Waals surface area (Å²) in [5.74, 6) is 0.939. The number of hydrogen-bond donors (Lipinski definition) is 1. The second-order valence-electron chi connectivity index (χ2n) is 4.89. The lowest BCUT2D eigenvalue weighted by Gasteiger charge is -2.16. The van der Waals surface area contributed by atoms with Crippen LogP contribution in [-0.2, 0) is 6.54 Å². The van der Waals surface area contributed by atoms with Crippen LogP contribution in [0.2, 0.25) is 0 Å². The van der Waals surface area contributed by atoms with Crippen molar-refractivity contribution < 1.29 is 4.74 Å². The second-order valence-corrected chi connectivity index (χ2v) is 4.89. The molecule has 2 aromatic rings. The first-order valence-corrected chi connectivity index (χ1v) is 6.67. The molecule has 100 valence electrons. The van der Waals surface area contributed by atoms with Crippen LogP contribution in [0.5, 0.6) is 5.75 Å². The lowest BCUT2D eigenvalue weighted by atomic mass is 9.98. The van der Waals surface area contributed by atoms with Crippen molar-refractivity contribution in [3.8, 4) is 16.9 Å². The molecule has 0 aromatic heterocycles. The number of nitrogens with one attached hydrogen (secondary N) is 1. The summed E-state index contributed by atoms with van der Waals surface area (Å²) in [6, 6.07) is 17.1. The van der Waals surface area contributed by atoms with Gasteiger partial charge in [0.1, 0.15) is 5.75 Å². The van der Waals surface area contributed by atoms with Gasteiger partial charge in [-0.1, -0.05) is 56.3 Å². The fourth-order valence-electron chi connectivity index (χ4n) is 2.13. The Morgan fingerprint density at radius 1 is 1.00 bits per heavy atom. The van der Waals surface area contributed by atoms with E-state index in [2.05, 4.69) is 49.5 Å². The molecule has 2 nitrogen and oxygen atoms in total. The molecule has 0 radical (unpaired) electrons. The minimum Gasteiger partial charge on any atom is -0.496 e. The Hall–Kier alpha value is -1.80. The van der Waals surface area contributed by atoms with E-state index in [9.17, 15) is 0 Å². The maximum absolute atomic E-state index is 5.50. The normalized spacial score (nSPS) is 10.7. The summed E-state index contributed by atoms with van der Waals surface area (Å²) in [5.41, 5.74) is 3.67.